The number of halogens is 2. The summed E-state index contributed by atoms with van der Waals surface area (Å²) in [7, 11) is 1.85. The number of nitrogens with one attached hydrogen (secondary N) is 2. The van der Waals surface area contributed by atoms with Crippen molar-refractivity contribution >= 4 is 47.4 Å². The van der Waals surface area contributed by atoms with E-state index in [1.54, 1.807) is 17.3 Å². The number of fused-ring (bicyclic) bond motifs is 3. The molecule has 2 fully saturated rings. The van der Waals surface area contributed by atoms with Crippen molar-refractivity contribution in [3.63, 3.8) is 0 Å². The Balaban J connectivity index is 0.00000205. The SMILES string of the molecule is CN=C(NCC1C2Cc3ccccc3C12)NC1CCN(c2ncccc2Cl)C1.I. The van der Waals surface area contributed by atoms with Crippen LogP contribution in [0.15, 0.2) is 47.6 Å². The van der Waals surface area contributed by atoms with Crippen molar-refractivity contribution in [3.8, 4) is 0 Å². The summed E-state index contributed by atoms with van der Waals surface area (Å²) < 4.78 is 0. The molecule has 154 valence electrons. The molecule has 4 atom stereocenters. The average Bonchev–Trinajstić information content (AvgIpc) is 3.05. The smallest absolute Gasteiger partial charge is 0.191 e. The van der Waals surface area contributed by atoms with Crippen LogP contribution in [0.1, 0.15) is 23.5 Å². The van der Waals surface area contributed by atoms with Gasteiger partial charge in [-0.25, -0.2) is 4.98 Å². The van der Waals surface area contributed by atoms with Crippen LogP contribution in [0.5, 0.6) is 0 Å². The van der Waals surface area contributed by atoms with Crippen molar-refractivity contribution in [1.82, 2.24) is 15.6 Å². The summed E-state index contributed by atoms with van der Waals surface area (Å²) in [5, 5.41) is 7.86. The molecule has 0 bridgehead atoms. The van der Waals surface area contributed by atoms with Gasteiger partial charge >= 0.3 is 0 Å². The number of pyridine rings is 1. The van der Waals surface area contributed by atoms with Crippen molar-refractivity contribution < 1.29 is 0 Å². The van der Waals surface area contributed by atoms with Crippen molar-refractivity contribution in [1.29, 1.82) is 0 Å². The first-order valence-electron chi connectivity index (χ1n) is 10.1. The third-order valence-corrected chi connectivity index (χ3v) is 6.79. The maximum atomic E-state index is 6.30. The minimum absolute atomic E-state index is 0. The lowest BCUT2D eigenvalue weighted by molar-refractivity contribution is 0.620. The lowest BCUT2D eigenvalue weighted by atomic mass is 10.0. The molecule has 2 aliphatic carbocycles. The Kier molecular flexibility index (Phi) is 6.20. The van der Waals surface area contributed by atoms with Gasteiger partial charge in [-0.3, -0.25) is 4.99 Å². The first kappa shape index (κ1) is 20.7. The molecule has 2 aromatic rings. The number of nitrogens with zero attached hydrogens (tertiary/aromatic N) is 3. The van der Waals surface area contributed by atoms with Gasteiger partial charge in [-0.2, -0.15) is 0 Å². The number of guanidine groups is 1. The van der Waals surface area contributed by atoms with Gasteiger partial charge in [-0.1, -0.05) is 35.9 Å². The molecule has 7 heteroatoms. The lowest BCUT2D eigenvalue weighted by Gasteiger charge is -2.20. The molecule has 0 spiro atoms. The third-order valence-electron chi connectivity index (χ3n) is 6.50. The van der Waals surface area contributed by atoms with E-state index in [1.165, 1.54) is 6.42 Å². The van der Waals surface area contributed by atoms with Gasteiger partial charge in [0.15, 0.2) is 5.96 Å². The minimum Gasteiger partial charge on any atom is -0.356 e. The molecule has 29 heavy (non-hydrogen) atoms. The van der Waals surface area contributed by atoms with Gasteiger partial charge in [0.1, 0.15) is 5.82 Å². The minimum atomic E-state index is 0. The quantitative estimate of drug-likeness (QED) is 0.365. The normalized spacial score (nSPS) is 27.1. The highest BCUT2D eigenvalue weighted by molar-refractivity contribution is 14.0. The number of aliphatic imine (C=N–C) groups is 1. The van der Waals surface area contributed by atoms with Crippen LogP contribution in [0, 0.1) is 11.8 Å². The molecule has 1 aromatic heterocycles. The summed E-state index contributed by atoms with van der Waals surface area (Å²) >= 11 is 6.30. The van der Waals surface area contributed by atoms with E-state index in [4.69, 9.17) is 11.6 Å². The molecule has 0 radical (unpaired) electrons. The van der Waals surface area contributed by atoms with Gasteiger partial charge < -0.3 is 15.5 Å². The summed E-state index contributed by atoms with van der Waals surface area (Å²) in [6.07, 6.45) is 4.09. The van der Waals surface area contributed by atoms with E-state index in [9.17, 15) is 0 Å². The third kappa shape index (κ3) is 4.06. The summed E-state index contributed by atoms with van der Waals surface area (Å²) in [6, 6.07) is 13.0. The van der Waals surface area contributed by atoms with E-state index in [0.29, 0.717) is 11.1 Å². The summed E-state index contributed by atoms with van der Waals surface area (Å²) in [5.74, 6) is 4.07. The Morgan fingerprint density at radius 3 is 2.97 bits per heavy atom. The largest absolute Gasteiger partial charge is 0.356 e. The van der Waals surface area contributed by atoms with Crippen LogP contribution >= 0.6 is 35.6 Å². The predicted octanol–water partition coefficient (Wildman–Crippen LogP) is 3.68. The van der Waals surface area contributed by atoms with Crippen LogP contribution in [0.3, 0.4) is 0 Å². The maximum Gasteiger partial charge on any atom is 0.191 e. The fraction of sp³-hybridized carbons (Fsp3) is 0.455. The molecule has 5 rings (SSSR count). The van der Waals surface area contributed by atoms with E-state index in [0.717, 1.165) is 55.6 Å². The van der Waals surface area contributed by atoms with Crippen LogP contribution in [-0.2, 0) is 6.42 Å². The molecule has 1 aliphatic heterocycles. The molecular formula is C22H27ClIN5. The first-order valence-corrected chi connectivity index (χ1v) is 10.5. The zero-order valence-corrected chi connectivity index (χ0v) is 19.6. The predicted molar refractivity (Wildman–Crippen MR) is 130 cm³/mol. The fourth-order valence-corrected chi connectivity index (χ4v) is 5.29. The summed E-state index contributed by atoms with van der Waals surface area (Å²) in [6.45, 7) is 2.83. The first-order chi connectivity index (χ1) is 13.7. The Bertz CT molecular complexity index is 904. The van der Waals surface area contributed by atoms with Crippen molar-refractivity contribution in [2.45, 2.75) is 24.8 Å². The Labute approximate surface area is 194 Å². The second kappa shape index (κ2) is 8.68. The lowest BCUT2D eigenvalue weighted by Crippen LogP contribution is -2.45. The number of benzene rings is 1. The van der Waals surface area contributed by atoms with E-state index < -0.39 is 0 Å². The van der Waals surface area contributed by atoms with E-state index in [2.05, 4.69) is 49.8 Å². The van der Waals surface area contributed by atoms with Gasteiger partial charge in [-0.05, 0) is 53.9 Å². The Morgan fingerprint density at radius 2 is 2.14 bits per heavy atom. The Hall–Kier alpha value is -1.54. The highest BCUT2D eigenvalue weighted by Crippen LogP contribution is 2.60. The van der Waals surface area contributed by atoms with Gasteiger partial charge in [0.25, 0.3) is 0 Å². The average molecular weight is 524 g/mol. The molecule has 5 nitrogen and oxygen atoms in total. The van der Waals surface area contributed by atoms with Crippen molar-refractivity contribution in [2.75, 3.05) is 31.6 Å². The maximum absolute atomic E-state index is 6.30. The number of hydrogen-bond donors (Lipinski definition) is 2. The van der Waals surface area contributed by atoms with Crippen LogP contribution in [0.2, 0.25) is 5.02 Å². The molecule has 2 heterocycles. The number of aromatic nitrogens is 1. The number of rotatable bonds is 4. The molecular weight excluding hydrogens is 497 g/mol. The Morgan fingerprint density at radius 1 is 1.28 bits per heavy atom. The van der Waals surface area contributed by atoms with Crippen molar-refractivity contribution in [3.05, 3.63) is 58.7 Å². The summed E-state index contributed by atoms with van der Waals surface area (Å²) in [5.41, 5.74) is 3.12. The molecule has 3 aliphatic rings. The number of hydrogen-bond acceptors (Lipinski definition) is 3. The second-order valence-electron chi connectivity index (χ2n) is 8.09. The zero-order chi connectivity index (χ0) is 19.1. The molecule has 2 N–H and O–H groups in total. The van der Waals surface area contributed by atoms with Crippen LogP contribution in [0.25, 0.3) is 0 Å². The zero-order valence-electron chi connectivity index (χ0n) is 16.5. The van der Waals surface area contributed by atoms with Crippen LogP contribution < -0.4 is 15.5 Å². The number of anilines is 1. The molecule has 1 saturated heterocycles. The standard InChI is InChI=1S/C22H26ClN5.HI/c1-24-22(26-12-18-17-11-14-5-2-3-6-16(14)20(17)18)27-15-8-10-28(13-15)21-19(23)7-4-9-25-21;/h2-7,9,15,17-18,20H,8,10-13H2,1H3,(H2,24,26,27);1H. The van der Waals surface area contributed by atoms with E-state index >= 15 is 0 Å². The highest BCUT2D eigenvalue weighted by Gasteiger charge is 2.54. The van der Waals surface area contributed by atoms with Gasteiger partial charge in [-0.15, -0.1) is 24.0 Å². The van der Waals surface area contributed by atoms with Gasteiger partial charge in [0.2, 0.25) is 0 Å². The summed E-state index contributed by atoms with van der Waals surface area (Å²) in [4.78, 5) is 11.1. The molecule has 1 aromatic carbocycles. The topological polar surface area (TPSA) is 52.6 Å². The molecule has 1 saturated carbocycles. The van der Waals surface area contributed by atoms with Crippen LogP contribution in [-0.4, -0.2) is 43.7 Å². The van der Waals surface area contributed by atoms with Crippen LogP contribution in [0.4, 0.5) is 5.82 Å². The van der Waals surface area contributed by atoms with E-state index in [-0.39, 0.29) is 24.0 Å². The molecule has 0 amide bonds. The monoisotopic (exact) mass is 523 g/mol. The van der Waals surface area contributed by atoms with Gasteiger partial charge in [0.05, 0.1) is 5.02 Å². The van der Waals surface area contributed by atoms with Crippen molar-refractivity contribution in [2.24, 2.45) is 16.8 Å². The fourth-order valence-electron chi connectivity index (χ4n) is 5.05. The second-order valence-corrected chi connectivity index (χ2v) is 8.50. The highest BCUT2D eigenvalue weighted by atomic mass is 127. The van der Waals surface area contributed by atoms with E-state index in [1.807, 2.05) is 19.2 Å². The molecule has 4 unspecified atom stereocenters. The van der Waals surface area contributed by atoms with Gasteiger partial charge in [0, 0.05) is 38.9 Å².